The second-order valence-corrected chi connectivity index (χ2v) is 7.98. The molecule has 0 aliphatic heterocycles. The van der Waals surface area contributed by atoms with Crippen LogP contribution in [0.2, 0.25) is 0 Å². The average Bonchev–Trinajstić information content (AvgIpc) is 2.65. The van der Waals surface area contributed by atoms with Crippen LogP contribution in [0.15, 0.2) is 48.5 Å². The van der Waals surface area contributed by atoms with Crippen molar-refractivity contribution in [2.45, 2.75) is 46.3 Å². The van der Waals surface area contributed by atoms with Crippen LogP contribution in [0.1, 0.15) is 48.7 Å². The van der Waals surface area contributed by atoms with Gasteiger partial charge in [0, 0.05) is 30.8 Å². The first-order valence-corrected chi connectivity index (χ1v) is 9.83. The molecule has 0 saturated heterocycles. The first kappa shape index (κ1) is 22.9. The number of alkyl carbamates (subject to hydrolysis) is 1. The minimum Gasteiger partial charge on any atom is -0.444 e. The van der Waals surface area contributed by atoms with E-state index in [2.05, 4.69) is 16.0 Å². The van der Waals surface area contributed by atoms with Crippen LogP contribution in [0.3, 0.4) is 0 Å². The molecule has 3 amide bonds. The number of amides is 3. The number of ether oxygens (including phenoxy) is 1. The zero-order valence-electron chi connectivity index (χ0n) is 17.9. The Morgan fingerprint density at radius 3 is 2.30 bits per heavy atom. The average molecular weight is 412 g/mol. The summed E-state index contributed by atoms with van der Waals surface area (Å²) in [6.07, 6.45) is -0.416. The number of aryl methyl sites for hydroxylation is 1. The third kappa shape index (κ3) is 8.34. The summed E-state index contributed by atoms with van der Waals surface area (Å²) in [4.78, 5) is 35.8. The number of hydrogen-bond donors (Lipinski definition) is 3. The molecular formula is C23H29N3O4. The van der Waals surface area contributed by atoms with Gasteiger partial charge in [-0.25, -0.2) is 4.79 Å². The maximum absolute atomic E-state index is 12.2. The molecule has 2 rings (SSSR count). The predicted molar refractivity (Wildman–Crippen MR) is 116 cm³/mol. The van der Waals surface area contributed by atoms with Crippen molar-refractivity contribution in [3.8, 4) is 0 Å². The van der Waals surface area contributed by atoms with Gasteiger partial charge in [0.05, 0.1) is 0 Å². The third-order valence-electron chi connectivity index (χ3n) is 3.99. The molecule has 0 aliphatic carbocycles. The molecule has 0 heterocycles. The molecule has 0 spiro atoms. The van der Waals surface area contributed by atoms with Crippen LogP contribution in [0.25, 0.3) is 0 Å². The van der Waals surface area contributed by atoms with Crippen molar-refractivity contribution in [1.29, 1.82) is 0 Å². The van der Waals surface area contributed by atoms with Gasteiger partial charge in [-0.05, 0) is 57.5 Å². The molecule has 2 aromatic carbocycles. The molecule has 7 heteroatoms. The Morgan fingerprint density at radius 1 is 0.967 bits per heavy atom. The molecule has 30 heavy (non-hydrogen) atoms. The monoisotopic (exact) mass is 411 g/mol. The molecule has 0 aromatic heterocycles. The molecule has 0 radical (unpaired) electrons. The van der Waals surface area contributed by atoms with E-state index in [1.165, 1.54) is 0 Å². The Bertz CT molecular complexity index is 886. The molecule has 2 aromatic rings. The van der Waals surface area contributed by atoms with Crippen molar-refractivity contribution >= 4 is 23.6 Å². The maximum atomic E-state index is 12.2. The minimum absolute atomic E-state index is 0.131. The van der Waals surface area contributed by atoms with Crippen LogP contribution in [-0.4, -0.2) is 30.1 Å². The topological polar surface area (TPSA) is 96.5 Å². The van der Waals surface area contributed by atoms with E-state index in [-0.39, 0.29) is 24.8 Å². The van der Waals surface area contributed by atoms with Gasteiger partial charge < -0.3 is 20.7 Å². The lowest BCUT2D eigenvalue weighted by Crippen LogP contribution is -2.34. The van der Waals surface area contributed by atoms with E-state index in [1.807, 2.05) is 37.3 Å². The van der Waals surface area contributed by atoms with Crippen LogP contribution in [0, 0.1) is 6.92 Å². The Balaban J connectivity index is 1.74. The van der Waals surface area contributed by atoms with E-state index in [1.54, 1.807) is 39.0 Å². The molecule has 3 N–H and O–H groups in total. The molecular weight excluding hydrogens is 382 g/mol. The second-order valence-electron chi connectivity index (χ2n) is 7.98. The van der Waals surface area contributed by atoms with Crippen LogP contribution < -0.4 is 16.0 Å². The summed E-state index contributed by atoms with van der Waals surface area (Å²) in [5.74, 6) is -0.347. The number of carbonyl (C=O) groups is 3. The fourth-order valence-electron chi connectivity index (χ4n) is 2.59. The number of carbonyl (C=O) groups excluding carboxylic acids is 3. The summed E-state index contributed by atoms with van der Waals surface area (Å²) >= 11 is 0. The Hall–Kier alpha value is -3.35. The Kier molecular flexibility index (Phi) is 7.98. The predicted octanol–water partition coefficient (Wildman–Crippen LogP) is 3.78. The zero-order valence-corrected chi connectivity index (χ0v) is 17.9. The van der Waals surface area contributed by atoms with Gasteiger partial charge in [0.25, 0.3) is 5.91 Å². The summed E-state index contributed by atoms with van der Waals surface area (Å²) in [6.45, 7) is 7.84. The number of hydrogen-bond acceptors (Lipinski definition) is 4. The summed E-state index contributed by atoms with van der Waals surface area (Å²) in [5.41, 5.74) is 2.64. The van der Waals surface area contributed by atoms with Crippen LogP contribution in [0.4, 0.5) is 10.5 Å². The SMILES string of the molecule is Cc1cccc(C(=O)NCc2ccc(NC(=O)CCNC(=O)OC(C)(C)C)cc2)c1. The maximum Gasteiger partial charge on any atom is 0.407 e. The summed E-state index contributed by atoms with van der Waals surface area (Å²) in [5, 5.41) is 8.20. The van der Waals surface area contributed by atoms with Crippen LogP contribution in [-0.2, 0) is 16.1 Å². The van der Waals surface area contributed by atoms with Gasteiger partial charge in [-0.2, -0.15) is 0 Å². The van der Waals surface area contributed by atoms with Crippen molar-refractivity contribution in [2.75, 3.05) is 11.9 Å². The fraction of sp³-hybridized carbons (Fsp3) is 0.348. The van der Waals surface area contributed by atoms with Crippen molar-refractivity contribution in [1.82, 2.24) is 10.6 Å². The molecule has 7 nitrogen and oxygen atoms in total. The number of nitrogens with one attached hydrogen (secondary N) is 3. The normalized spacial score (nSPS) is 10.8. The van der Waals surface area contributed by atoms with E-state index in [9.17, 15) is 14.4 Å². The van der Waals surface area contributed by atoms with Gasteiger partial charge in [-0.3, -0.25) is 9.59 Å². The van der Waals surface area contributed by atoms with Gasteiger partial charge in [0.1, 0.15) is 5.60 Å². The number of benzene rings is 2. The van der Waals surface area contributed by atoms with E-state index < -0.39 is 11.7 Å². The van der Waals surface area contributed by atoms with Crippen molar-refractivity contribution in [2.24, 2.45) is 0 Å². The van der Waals surface area contributed by atoms with E-state index >= 15 is 0 Å². The molecule has 0 aliphatic rings. The number of anilines is 1. The van der Waals surface area contributed by atoms with Crippen LogP contribution in [0.5, 0.6) is 0 Å². The molecule has 0 saturated carbocycles. The van der Waals surface area contributed by atoms with Gasteiger partial charge in [0.15, 0.2) is 0 Å². The quantitative estimate of drug-likeness (QED) is 0.646. The third-order valence-corrected chi connectivity index (χ3v) is 3.99. The lowest BCUT2D eigenvalue weighted by Gasteiger charge is -2.19. The van der Waals surface area contributed by atoms with Gasteiger partial charge in [-0.1, -0.05) is 29.8 Å². The van der Waals surface area contributed by atoms with Crippen molar-refractivity contribution < 1.29 is 19.1 Å². The smallest absolute Gasteiger partial charge is 0.407 e. The Labute approximate surface area is 177 Å². The van der Waals surface area contributed by atoms with Gasteiger partial charge >= 0.3 is 6.09 Å². The Morgan fingerprint density at radius 2 is 1.67 bits per heavy atom. The first-order chi connectivity index (χ1) is 14.1. The summed E-state index contributed by atoms with van der Waals surface area (Å²) in [6, 6.07) is 14.6. The van der Waals surface area contributed by atoms with Gasteiger partial charge in [-0.15, -0.1) is 0 Å². The van der Waals surface area contributed by atoms with E-state index in [4.69, 9.17) is 4.74 Å². The largest absolute Gasteiger partial charge is 0.444 e. The van der Waals surface area contributed by atoms with Crippen molar-refractivity contribution in [3.63, 3.8) is 0 Å². The zero-order chi connectivity index (χ0) is 22.1. The highest BCUT2D eigenvalue weighted by molar-refractivity contribution is 5.94. The van der Waals surface area contributed by atoms with E-state index in [0.717, 1.165) is 11.1 Å². The second kappa shape index (κ2) is 10.4. The molecule has 0 bridgehead atoms. The lowest BCUT2D eigenvalue weighted by molar-refractivity contribution is -0.116. The molecule has 0 fully saturated rings. The van der Waals surface area contributed by atoms with Crippen molar-refractivity contribution in [3.05, 3.63) is 65.2 Å². The highest BCUT2D eigenvalue weighted by Crippen LogP contribution is 2.11. The number of rotatable bonds is 7. The fourth-order valence-corrected chi connectivity index (χ4v) is 2.59. The van der Waals surface area contributed by atoms with E-state index in [0.29, 0.717) is 17.8 Å². The lowest BCUT2D eigenvalue weighted by atomic mass is 10.1. The highest BCUT2D eigenvalue weighted by Gasteiger charge is 2.15. The van der Waals surface area contributed by atoms with Gasteiger partial charge in [0.2, 0.25) is 5.91 Å². The van der Waals surface area contributed by atoms with Crippen LogP contribution >= 0.6 is 0 Å². The first-order valence-electron chi connectivity index (χ1n) is 9.83. The standard InChI is InChI=1S/C23H29N3O4/c1-16-6-5-7-18(14-16)21(28)25-15-17-8-10-19(11-9-17)26-20(27)12-13-24-22(29)30-23(2,3)4/h5-11,14H,12-13,15H2,1-4H3,(H,24,29)(H,25,28)(H,26,27). The summed E-state index contributed by atoms with van der Waals surface area (Å²) in [7, 11) is 0. The minimum atomic E-state index is -0.576. The highest BCUT2D eigenvalue weighted by atomic mass is 16.6. The molecule has 0 unspecified atom stereocenters. The molecule has 0 atom stereocenters. The molecule has 160 valence electrons. The summed E-state index contributed by atoms with van der Waals surface area (Å²) < 4.78 is 5.11.